The van der Waals surface area contributed by atoms with Gasteiger partial charge in [0, 0.05) is 12.3 Å². The first-order chi connectivity index (χ1) is 12.6. The average molecular weight is 394 g/mol. The lowest BCUT2D eigenvalue weighted by atomic mass is 10.3. The van der Waals surface area contributed by atoms with Crippen molar-refractivity contribution in [3.05, 3.63) is 47.9 Å². The molecule has 2 aromatic rings. The molecule has 0 aliphatic rings. The summed E-state index contributed by atoms with van der Waals surface area (Å²) in [5.74, 6) is 4.63. The van der Waals surface area contributed by atoms with E-state index >= 15 is 0 Å². The maximum absolute atomic E-state index is 5.80. The van der Waals surface area contributed by atoms with Crippen LogP contribution in [0.15, 0.2) is 40.8 Å². The van der Waals surface area contributed by atoms with Crippen LogP contribution in [0.1, 0.15) is 18.4 Å². The number of hydrogen-bond acceptors (Lipinski definition) is 5. The van der Waals surface area contributed by atoms with Crippen LogP contribution < -0.4 is 15.4 Å². The predicted octanol–water partition coefficient (Wildman–Crippen LogP) is 3.96. The van der Waals surface area contributed by atoms with Crippen LogP contribution >= 0.6 is 24.0 Å². The molecular weight excluding hydrogens is 366 g/mol. The van der Waals surface area contributed by atoms with E-state index in [0.717, 1.165) is 47.6 Å². The fraction of sp³-hybridized carbons (Fsp3) is 0.421. The third-order valence-electron chi connectivity index (χ3n) is 3.40. The molecule has 2 N–H and O–H groups in total. The lowest BCUT2D eigenvalue weighted by Gasteiger charge is -2.13. The lowest BCUT2D eigenvalue weighted by Crippen LogP contribution is -2.30. The summed E-state index contributed by atoms with van der Waals surface area (Å²) in [6.45, 7) is 4.21. The number of para-hydroxylation sites is 2. The molecule has 0 aliphatic carbocycles. The molecule has 2 rings (SSSR count). The Morgan fingerprint density at radius 1 is 1.19 bits per heavy atom. The Morgan fingerprint density at radius 2 is 1.96 bits per heavy atom. The summed E-state index contributed by atoms with van der Waals surface area (Å²) in [5.41, 5.74) is 0.878. The molecule has 1 aromatic heterocycles. The normalized spacial score (nSPS) is 10.8. The summed E-state index contributed by atoms with van der Waals surface area (Å²) < 4.78 is 11.4. The van der Waals surface area contributed by atoms with E-state index in [-0.39, 0.29) is 0 Å². The molecular formula is C19H27N3O2S2. The second-order valence-corrected chi connectivity index (χ2v) is 7.48. The van der Waals surface area contributed by atoms with Crippen molar-refractivity contribution in [2.75, 3.05) is 38.3 Å². The summed E-state index contributed by atoms with van der Waals surface area (Å²) in [7, 11) is 4.07. The number of thioether (sulfide) groups is 1. The van der Waals surface area contributed by atoms with Crippen LogP contribution in [0, 0.1) is 0 Å². The lowest BCUT2D eigenvalue weighted by molar-refractivity contribution is 0.342. The molecule has 0 atom stereocenters. The highest BCUT2D eigenvalue weighted by Gasteiger charge is 2.05. The van der Waals surface area contributed by atoms with Gasteiger partial charge in [-0.3, -0.25) is 0 Å². The quantitative estimate of drug-likeness (QED) is 0.468. The minimum absolute atomic E-state index is 0.601. The van der Waals surface area contributed by atoms with Gasteiger partial charge in [0.25, 0.3) is 0 Å². The number of hydrogen-bond donors (Lipinski definition) is 2. The van der Waals surface area contributed by atoms with Gasteiger partial charge in [0.15, 0.2) is 5.11 Å². The van der Waals surface area contributed by atoms with E-state index in [1.54, 1.807) is 0 Å². The van der Waals surface area contributed by atoms with Crippen molar-refractivity contribution in [1.82, 2.24) is 10.2 Å². The molecule has 0 aliphatic heterocycles. The van der Waals surface area contributed by atoms with Gasteiger partial charge in [-0.15, -0.1) is 0 Å². The SMILES string of the molecule is CCOc1ccccc1NC(=S)NCCSCc1ccc(CN(C)C)o1. The van der Waals surface area contributed by atoms with Crippen LogP contribution in [-0.2, 0) is 12.3 Å². The zero-order valence-electron chi connectivity index (χ0n) is 15.6. The van der Waals surface area contributed by atoms with Crippen molar-refractivity contribution in [3.63, 3.8) is 0 Å². The molecule has 0 bridgehead atoms. The predicted molar refractivity (Wildman–Crippen MR) is 114 cm³/mol. The summed E-state index contributed by atoms with van der Waals surface area (Å²) in [4.78, 5) is 2.09. The first kappa shape index (κ1) is 20.6. The molecule has 0 radical (unpaired) electrons. The van der Waals surface area contributed by atoms with E-state index in [1.807, 2.05) is 63.1 Å². The first-order valence-electron chi connectivity index (χ1n) is 8.65. The Kier molecular flexibility index (Phi) is 8.80. The van der Waals surface area contributed by atoms with Gasteiger partial charge in [-0.05, 0) is 57.5 Å². The molecule has 1 aromatic carbocycles. The van der Waals surface area contributed by atoms with Gasteiger partial charge in [0.1, 0.15) is 17.3 Å². The van der Waals surface area contributed by atoms with Crippen molar-refractivity contribution < 1.29 is 9.15 Å². The zero-order chi connectivity index (χ0) is 18.8. The molecule has 0 amide bonds. The molecule has 5 nitrogen and oxygen atoms in total. The van der Waals surface area contributed by atoms with Gasteiger partial charge in [-0.25, -0.2) is 0 Å². The third kappa shape index (κ3) is 7.27. The second-order valence-electron chi connectivity index (χ2n) is 5.97. The van der Waals surface area contributed by atoms with E-state index in [1.165, 1.54) is 0 Å². The van der Waals surface area contributed by atoms with Crippen LogP contribution in [0.5, 0.6) is 5.75 Å². The molecule has 0 fully saturated rings. The van der Waals surface area contributed by atoms with Gasteiger partial charge in [0.05, 0.1) is 24.6 Å². The highest BCUT2D eigenvalue weighted by molar-refractivity contribution is 7.98. The highest BCUT2D eigenvalue weighted by Crippen LogP contribution is 2.23. The molecule has 0 saturated carbocycles. The number of benzene rings is 1. The van der Waals surface area contributed by atoms with Gasteiger partial charge in [-0.1, -0.05) is 12.1 Å². The number of furan rings is 1. The minimum Gasteiger partial charge on any atom is -0.492 e. The first-order valence-corrected chi connectivity index (χ1v) is 10.2. The largest absolute Gasteiger partial charge is 0.492 e. The summed E-state index contributed by atoms with van der Waals surface area (Å²) in [6.07, 6.45) is 0. The van der Waals surface area contributed by atoms with Crippen LogP contribution in [0.2, 0.25) is 0 Å². The summed E-state index contributed by atoms with van der Waals surface area (Å²) in [6, 6.07) is 11.9. The van der Waals surface area contributed by atoms with Crippen LogP contribution in [0.3, 0.4) is 0 Å². The topological polar surface area (TPSA) is 49.7 Å². The number of rotatable bonds is 10. The molecule has 0 saturated heterocycles. The van der Waals surface area contributed by atoms with Crippen molar-refractivity contribution in [2.45, 2.75) is 19.2 Å². The van der Waals surface area contributed by atoms with Crippen molar-refractivity contribution in [3.8, 4) is 5.75 Å². The van der Waals surface area contributed by atoms with E-state index < -0.39 is 0 Å². The maximum atomic E-state index is 5.80. The number of anilines is 1. The standard InChI is InChI=1S/C19H27N3O2S2/c1-4-23-18-8-6-5-7-17(18)21-19(25)20-11-12-26-14-16-10-9-15(24-16)13-22(2)3/h5-10H,4,11-14H2,1-3H3,(H2,20,21,25). The van der Waals surface area contributed by atoms with Gasteiger partial charge in [-0.2, -0.15) is 11.8 Å². The number of nitrogens with one attached hydrogen (secondary N) is 2. The fourth-order valence-electron chi connectivity index (χ4n) is 2.32. The molecule has 142 valence electrons. The highest BCUT2D eigenvalue weighted by atomic mass is 32.2. The Hall–Kier alpha value is -1.70. The van der Waals surface area contributed by atoms with Crippen LogP contribution in [0.4, 0.5) is 5.69 Å². The number of thiocarbonyl (C=S) groups is 1. The van der Waals surface area contributed by atoms with Gasteiger partial charge < -0.3 is 24.7 Å². The molecule has 1 heterocycles. The number of nitrogens with zero attached hydrogens (tertiary/aromatic N) is 1. The van der Waals surface area contributed by atoms with Crippen molar-refractivity contribution in [2.24, 2.45) is 0 Å². The monoisotopic (exact) mass is 393 g/mol. The third-order valence-corrected chi connectivity index (χ3v) is 4.63. The van der Waals surface area contributed by atoms with Gasteiger partial charge >= 0.3 is 0 Å². The second kappa shape index (κ2) is 11.1. The van der Waals surface area contributed by atoms with Crippen molar-refractivity contribution >= 4 is 34.8 Å². The smallest absolute Gasteiger partial charge is 0.170 e. The van der Waals surface area contributed by atoms with E-state index in [4.69, 9.17) is 21.4 Å². The molecule has 0 spiro atoms. The summed E-state index contributed by atoms with van der Waals surface area (Å²) >= 11 is 7.17. The maximum Gasteiger partial charge on any atom is 0.170 e. The molecule has 0 unspecified atom stereocenters. The minimum atomic E-state index is 0.601. The molecule has 7 heteroatoms. The molecule has 26 heavy (non-hydrogen) atoms. The Labute approximate surface area is 165 Å². The zero-order valence-corrected chi connectivity index (χ0v) is 17.2. The Balaban J connectivity index is 1.65. The van der Waals surface area contributed by atoms with E-state index in [9.17, 15) is 0 Å². The Bertz CT molecular complexity index is 689. The Morgan fingerprint density at radius 3 is 2.73 bits per heavy atom. The number of ether oxygens (including phenoxy) is 1. The average Bonchev–Trinajstić information content (AvgIpc) is 3.03. The van der Waals surface area contributed by atoms with E-state index in [2.05, 4.69) is 21.6 Å². The van der Waals surface area contributed by atoms with Crippen molar-refractivity contribution in [1.29, 1.82) is 0 Å². The van der Waals surface area contributed by atoms with Gasteiger partial charge in [0.2, 0.25) is 0 Å². The van der Waals surface area contributed by atoms with Crippen LogP contribution in [-0.4, -0.2) is 43.0 Å². The summed E-state index contributed by atoms with van der Waals surface area (Å²) in [5, 5.41) is 7.01. The van der Waals surface area contributed by atoms with Crippen LogP contribution in [0.25, 0.3) is 0 Å². The fourth-order valence-corrected chi connectivity index (χ4v) is 3.28. The van der Waals surface area contributed by atoms with E-state index in [0.29, 0.717) is 11.7 Å².